The Kier molecular flexibility index (Phi) is 4.95. The molecule has 5 heteroatoms. The molecule has 28 heavy (non-hydrogen) atoms. The number of aliphatic hydroxyl groups is 1. The Morgan fingerprint density at radius 1 is 0.964 bits per heavy atom. The van der Waals surface area contributed by atoms with E-state index in [1.54, 1.807) is 0 Å². The Bertz CT molecular complexity index is 706. The summed E-state index contributed by atoms with van der Waals surface area (Å²) < 4.78 is 0. The molecule has 1 aromatic rings. The van der Waals surface area contributed by atoms with E-state index in [0.29, 0.717) is 24.8 Å². The van der Waals surface area contributed by atoms with Crippen molar-refractivity contribution in [3.05, 3.63) is 29.8 Å². The summed E-state index contributed by atoms with van der Waals surface area (Å²) in [6.45, 7) is 14.0. The van der Waals surface area contributed by atoms with Gasteiger partial charge in [0.15, 0.2) is 0 Å². The molecular weight excluding hydrogens is 350 g/mol. The van der Waals surface area contributed by atoms with E-state index in [1.165, 1.54) is 11.3 Å². The van der Waals surface area contributed by atoms with Gasteiger partial charge < -0.3 is 19.8 Å². The second-order valence-electron chi connectivity index (χ2n) is 9.92. The maximum Gasteiger partial charge on any atom is 0.254 e. The first kappa shape index (κ1) is 19.7. The lowest BCUT2D eigenvalue weighted by Crippen LogP contribution is -2.75. The van der Waals surface area contributed by atoms with Crippen molar-refractivity contribution in [2.75, 3.05) is 44.2 Å². The molecule has 5 nitrogen and oxygen atoms in total. The number of amides is 1. The predicted molar refractivity (Wildman–Crippen MR) is 113 cm³/mol. The Morgan fingerprint density at radius 2 is 1.54 bits per heavy atom. The summed E-state index contributed by atoms with van der Waals surface area (Å²) >= 11 is 0. The van der Waals surface area contributed by atoms with Crippen molar-refractivity contribution < 1.29 is 9.90 Å². The van der Waals surface area contributed by atoms with Crippen LogP contribution < -0.4 is 4.90 Å². The van der Waals surface area contributed by atoms with Crippen LogP contribution in [0.4, 0.5) is 5.69 Å². The third kappa shape index (κ3) is 3.43. The van der Waals surface area contributed by atoms with Gasteiger partial charge in [0, 0.05) is 56.4 Å². The number of rotatable bonds is 4. The molecule has 3 aliphatic rings. The Balaban J connectivity index is 1.28. The van der Waals surface area contributed by atoms with Gasteiger partial charge in [0.05, 0.1) is 0 Å². The van der Waals surface area contributed by atoms with Crippen molar-refractivity contribution in [3.8, 4) is 0 Å². The zero-order chi connectivity index (χ0) is 20.1. The van der Waals surface area contributed by atoms with Gasteiger partial charge >= 0.3 is 0 Å². The number of carbonyl (C=O) groups is 1. The number of nitrogens with zero attached hydrogens (tertiary/aromatic N) is 3. The maximum absolute atomic E-state index is 12.9. The Hall–Kier alpha value is -1.59. The van der Waals surface area contributed by atoms with Crippen molar-refractivity contribution in [1.82, 2.24) is 9.80 Å². The zero-order valence-corrected chi connectivity index (χ0v) is 17.8. The fourth-order valence-electron chi connectivity index (χ4n) is 5.04. The van der Waals surface area contributed by atoms with Gasteiger partial charge in [-0.2, -0.15) is 0 Å². The van der Waals surface area contributed by atoms with E-state index >= 15 is 0 Å². The Labute approximate surface area is 169 Å². The highest BCUT2D eigenvalue weighted by Gasteiger charge is 2.56. The fourth-order valence-corrected chi connectivity index (χ4v) is 5.04. The monoisotopic (exact) mass is 385 g/mol. The number of piperidine rings is 1. The summed E-state index contributed by atoms with van der Waals surface area (Å²) in [5, 5.41) is 10.9. The second kappa shape index (κ2) is 7.03. The number of hydrogen-bond acceptors (Lipinski definition) is 4. The molecule has 1 spiro atoms. The van der Waals surface area contributed by atoms with Crippen molar-refractivity contribution in [3.63, 3.8) is 0 Å². The number of anilines is 1. The molecule has 0 bridgehead atoms. The summed E-state index contributed by atoms with van der Waals surface area (Å²) in [6.07, 6.45) is 1.11. The van der Waals surface area contributed by atoms with E-state index in [2.05, 4.69) is 61.8 Å². The SMILES string of the molecule is CC(C)c1ccc(N2CC3(CN(C(=O)C4(O)CCN(C(C)C)CC4)C3)C2)cc1. The molecule has 0 aromatic heterocycles. The standard InChI is InChI=1S/C23H35N3O2/c1-17(2)19-5-7-20(8-6-19)25-13-22(14-25)15-26(16-22)21(27)23(28)9-11-24(12-10-23)18(3)4/h5-8,17-18,28H,9-16H2,1-4H3. The lowest BCUT2D eigenvalue weighted by molar-refractivity contribution is -0.170. The molecule has 3 heterocycles. The smallest absolute Gasteiger partial charge is 0.254 e. The first-order chi connectivity index (χ1) is 13.2. The van der Waals surface area contributed by atoms with E-state index in [9.17, 15) is 9.90 Å². The lowest BCUT2D eigenvalue weighted by Gasteiger charge is -2.61. The molecule has 3 aliphatic heterocycles. The third-order valence-corrected chi connectivity index (χ3v) is 7.07. The van der Waals surface area contributed by atoms with Gasteiger partial charge in [0.25, 0.3) is 5.91 Å². The van der Waals surface area contributed by atoms with Crippen molar-refractivity contribution in [2.45, 2.75) is 58.1 Å². The second-order valence-corrected chi connectivity index (χ2v) is 9.92. The number of benzene rings is 1. The van der Waals surface area contributed by atoms with E-state index < -0.39 is 5.60 Å². The van der Waals surface area contributed by atoms with Crippen LogP contribution in [0.2, 0.25) is 0 Å². The van der Waals surface area contributed by atoms with Gasteiger partial charge in [-0.25, -0.2) is 0 Å². The molecule has 3 fully saturated rings. The van der Waals surface area contributed by atoms with Crippen molar-refractivity contribution >= 4 is 11.6 Å². The van der Waals surface area contributed by atoms with Gasteiger partial charge in [-0.1, -0.05) is 26.0 Å². The van der Waals surface area contributed by atoms with E-state index in [1.807, 2.05) is 4.90 Å². The molecule has 0 unspecified atom stereocenters. The summed E-state index contributed by atoms with van der Waals surface area (Å²) in [4.78, 5) is 19.5. The predicted octanol–water partition coefficient (Wildman–Crippen LogP) is 2.69. The minimum Gasteiger partial charge on any atom is -0.380 e. The molecule has 154 valence electrons. The molecule has 1 N–H and O–H groups in total. The largest absolute Gasteiger partial charge is 0.380 e. The van der Waals surface area contributed by atoms with Gasteiger partial charge in [0.2, 0.25) is 0 Å². The van der Waals surface area contributed by atoms with Crippen LogP contribution in [-0.4, -0.2) is 71.7 Å². The fraction of sp³-hybridized carbons (Fsp3) is 0.696. The Morgan fingerprint density at radius 3 is 2.04 bits per heavy atom. The molecule has 0 aliphatic carbocycles. The molecule has 0 radical (unpaired) electrons. The van der Waals surface area contributed by atoms with Crippen LogP contribution in [0.5, 0.6) is 0 Å². The molecule has 0 atom stereocenters. The van der Waals surface area contributed by atoms with Gasteiger partial charge in [-0.3, -0.25) is 4.79 Å². The molecule has 1 aromatic carbocycles. The van der Waals surface area contributed by atoms with Crippen LogP contribution in [0.3, 0.4) is 0 Å². The normalized spacial score (nSPS) is 23.8. The maximum atomic E-state index is 12.9. The minimum absolute atomic E-state index is 0.0405. The summed E-state index contributed by atoms with van der Waals surface area (Å²) in [6, 6.07) is 9.35. The molecule has 3 saturated heterocycles. The number of carbonyl (C=O) groups excluding carboxylic acids is 1. The first-order valence-corrected chi connectivity index (χ1v) is 10.8. The topological polar surface area (TPSA) is 47.0 Å². The van der Waals surface area contributed by atoms with Gasteiger partial charge in [-0.15, -0.1) is 0 Å². The van der Waals surface area contributed by atoms with Crippen LogP contribution in [0.15, 0.2) is 24.3 Å². The summed E-state index contributed by atoms with van der Waals surface area (Å²) in [5.74, 6) is 0.516. The van der Waals surface area contributed by atoms with Crippen LogP contribution >= 0.6 is 0 Å². The van der Waals surface area contributed by atoms with Crippen LogP contribution in [-0.2, 0) is 4.79 Å². The minimum atomic E-state index is -1.15. The summed E-state index contributed by atoms with van der Waals surface area (Å²) in [7, 11) is 0. The molecule has 1 amide bonds. The summed E-state index contributed by atoms with van der Waals surface area (Å²) in [5.41, 5.74) is 1.74. The van der Waals surface area contributed by atoms with Crippen molar-refractivity contribution in [1.29, 1.82) is 0 Å². The zero-order valence-electron chi connectivity index (χ0n) is 17.8. The third-order valence-electron chi connectivity index (χ3n) is 7.07. The van der Waals surface area contributed by atoms with Gasteiger partial charge in [0.1, 0.15) is 5.60 Å². The van der Waals surface area contributed by atoms with E-state index in [-0.39, 0.29) is 11.3 Å². The highest BCUT2D eigenvalue weighted by atomic mass is 16.3. The number of likely N-dealkylation sites (tertiary alicyclic amines) is 2. The quantitative estimate of drug-likeness (QED) is 0.866. The van der Waals surface area contributed by atoms with Gasteiger partial charge in [-0.05, 0) is 50.3 Å². The highest BCUT2D eigenvalue weighted by molar-refractivity contribution is 5.86. The van der Waals surface area contributed by atoms with Crippen molar-refractivity contribution in [2.24, 2.45) is 5.41 Å². The first-order valence-electron chi connectivity index (χ1n) is 10.8. The lowest BCUT2D eigenvalue weighted by atomic mass is 9.71. The molecular formula is C23H35N3O2. The van der Waals surface area contributed by atoms with Crippen LogP contribution in [0.1, 0.15) is 52.0 Å². The number of hydrogen-bond donors (Lipinski definition) is 1. The average molecular weight is 386 g/mol. The van der Waals surface area contributed by atoms with Crippen LogP contribution in [0, 0.1) is 5.41 Å². The molecule has 4 rings (SSSR count). The molecule has 0 saturated carbocycles. The average Bonchev–Trinajstić information content (AvgIpc) is 2.60. The van der Waals surface area contributed by atoms with E-state index in [4.69, 9.17) is 0 Å². The van der Waals surface area contributed by atoms with E-state index in [0.717, 1.165) is 39.3 Å². The van der Waals surface area contributed by atoms with Crippen LogP contribution in [0.25, 0.3) is 0 Å². The highest BCUT2D eigenvalue weighted by Crippen LogP contribution is 2.43.